The molecular weight excluding hydrogens is 338 g/mol. The standard InChI is InChI=1S/C18H19N3O3S/c1-3-24-18(23)15-11(2)14-16(20-10-21-17(14)25-15)19-8-7-12-5-4-6-13(22)9-12/h4-6,9-10,22H,3,7-8H2,1-2H3,(H,19,20,21). The van der Waals surface area contributed by atoms with Crippen LogP contribution >= 0.6 is 11.3 Å². The van der Waals surface area contributed by atoms with Gasteiger partial charge in [-0.15, -0.1) is 11.3 Å². The molecule has 7 heteroatoms. The van der Waals surface area contributed by atoms with Crippen molar-refractivity contribution in [1.29, 1.82) is 0 Å². The first-order valence-electron chi connectivity index (χ1n) is 8.03. The van der Waals surface area contributed by atoms with Crippen LogP contribution in [0, 0.1) is 6.92 Å². The highest BCUT2D eigenvalue weighted by Crippen LogP contribution is 2.33. The Balaban J connectivity index is 1.80. The van der Waals surface area contributed by atoms with E-state index < -0.39 is 0 Å². The number of hydrogen-bond acceptors (Lipinski definition) is 7. The van der Waals surface area contributed by atoms with Crippen LogP contribution in [0.25, 0.3) is 10.2 Å². The van der Waals surface area contributed by atoms with E-state index in [0.717, 1.165) is 27.8 Å². The van der Waals surface area contributed by atoms with Gasteiger partial charge in [0, 0.05) is 6.54 Å². The van der Waals surface area contributed by atoms with Crippen molar-refractivity contribution < 1.29 is 14.6 Å². The van der Waals surface area contributed by atoms with Gasteiger partial charge in [0.25, 0.3) is 0 Å². The molecule has 2 heterocycles. The number of aromatic hydroxyl groups is 1. The number of aryl methyl sites for hydroxylation is 1. The van der Waals surface area contributed by atoms with Gasteiger partial charge in [-0.1, -0.05) is 12.1 Å². The van der Waals surface area contributed by atoms with Crippen LogP contribution in [-0.4, -0.2) is 34.2 Å². The Morgan fingerprint density at radius 1 is 1.36 bits per heavy atom. The highest BCUT2D eigenvalue weighted by Gasteiger charge is 2.19. The molecule has 2 N–H and O–H groups in total. The average Bonchev–Trinajstić information content (AvgIpc) is 2.93. The van der Waals surface area contributed by atoms with Crippen LogP contribution < -0.4 is 5.32 Å². The van der Waals surface area contributed by atoms with Crippen LogP contribution in [0.5, 0.6) is 5.75 Å². The maximum Gasteiger partial charge on any atom is 0.348 e. The average molecular weight is 357 g/mol. The molecule has 3 rings (SSSR count). The fourth-order valence-electron chi connectivity index (χ4n) is 2.63. The summed E-state index contributed by atoms with van der Waals surface area (Å²) < 4.78 is 5.11. The van der Waals surface area contributed by atoms with Gasteiger partial charge in [0.2, 0.25) is 0 Å². The van der Waals surface area contributed by atoms with Gasteiger partial charge in [-0.2, -0.15) is 0 Å². The van der Waals surface area contributed by atoms with Crippen molar-refractivity contribution in [2.45, 2.75) is 20.3 Å². The molecule has 0 bridgehead atoms. The molecule has 0 amide bonds. The number of hydrogen-bond donors (Lipinski definition) is 2. The molecule has 3 aromatic rings. The fraction of sp³-hybridized carbons (Fsp3) is 0.278. The summed E-state index contributed by atoms with van der Waals surface area (Å²) in [6, 6.07) is 7.18. The molecule has 0 saturated heterocycles. The van der Waals surface area contributed by atoms with Crippen LogP contribution in [-0.2, 0) is 11.2 Å². The number of fused-ring (bicyclic) bond motifs is 1. The first-order valence-corrected chi connectivity index (χ1v) is 8.84. The van der Waals surface area contributed by atoms with E-state index in [9.17, 15) is 9.90 Å². The number of ether oxygens (including phenoxy) is 1. The normalized spacial score (nSPS) is 10.8. The maximum absolute atomic E-state index is 12.1. The van der Waals surface area contributed by atoms with Crippen LogP contribution in [0.1, 0.15) is 27.7 Å². The molecule has 130 valence electrons. The van der Waals surface area contributed by atoms with Gasteiger partial charge in [-0.25, -0.2) is 14.8 Å². The number of benzene rings is 1. The van der Waals surface area contributed by atoms with Crippen LogP contribution in [0.4, 0.5) is 5.82 Å². The minimum atomic E-state index is -0.325. The molecule has 0 aliphatic carbocycles. The first kappa shape index (κ1) is 17.2. The van der Waals surface area contributed by atoms with Crippen molar-refractivity contribution in [3.63, 3.8) is 0 Å². The van der Waals surface area contributed by atoms with Crippen molar-refractivity contribution in [2.24, 2.45) is 0 Å². The number of carbonyl (C=O) groups excluding carboxylic acids is 1. The number of thiophene rings is 1. The predicted octanol–water partition coefficient (Wildman–Crippen LogP) is 3.54. The lowest BCUT2D eigenvalue weighted by molar-refractivity contribution is 0.0531. The minimum Gasteiger partial charge on any atom is -0.508 e. The van der Waals surface area contributed by atoms with Crippen molar-refractivity contribution in [3.05, 3.63) is 46.6 Å². The first-order chi connectivity index (χ1) is 12.1. The Morgan fingerprint density at radius 2 is 2.20 bits per heavy atom. The molecule has 0 atom stereocenters. The zero-order valence-corrected chi connectivity index (χ0v) is 14.9. The summed E-state index contributed by atoms with van der Waals surface area (Å²) in [6.07, 6.45) is 2.23. The Morgan fingerprint density at radius 3 is 2.96 bits per heavy atom. The van der Waals surface area contributed by atoms with Gasteiger partial charge in [0.15, 0.2) is 0 Å². The van der Waals surface area contributed by atoms with E-state index in [2.05, 4.69) is 15.3 Å². The summed E-state index contributed by atoms with van der Waals surface area (Å²) >= 11 is 1.32. The molecule has 2 aromatic heterocycles. The molecular formula is C18H19N3O3S. The smallest absolute Gasteiger partial charge is 0.348 e. The van der Waals surface area contributed by atoms with Crippen molar-refractivity contribution in [1.82, 2.24) is 9.97 Å². The molecule has 25 heavy (non-hydrogen) atoms. The number of aromatic nitrogens is 2. The van der Waals surface area contributed by atoms with E-state index in [0.29, 0.717) is 23.8 Å². The quantitative estimate of drug-likeness (QED) is 0.657. The summed E-state index contributed by atoms with van der Waals surface area (Å²) in [5.74, 6) is 0.637. The summed E-state index contributed by atoms with van der Waals surface area (Å²) in [7, 11) is 0. The summed E-state index contributed by atoms with van der Waals surface area (Å²) in [5.41, 5.74) is 1.87. The second-order valence-corrected chi connectivity index (χ2v) is 6.52. The van der Waals surface area contributed by atoms with Crippen LogP contribution in [0.15, 0.2) is 30.6 Å². The second kappa shape index (κ2) is 7.48. The van der Waals surface area contributed by atoms with E-state index in [-0.39, 0.29) is 11.7 Å². The zero-order chi connectivity index (χ0) is 17.8. The van der Waals surface area contributed by atoms with Gasteiger partial charge in [-0.3, -0.25) is 0 Å². The second-order valence-electron chi connectivity index (χ2n) is 5.53. The van der Waals surface area contributed by atoms with Crippen LogP contribution in [0.3, 0.4) is 0 Å². The lowest BCUT2D eigenvalue weighted by atomic mass is 10.1. The maximum atomic E-state index is 12.1. The molecule has 0 fully saturated rings. The Bertz CT molecular complexity index is 908. The summed E-state index contributed by atoms with van der Waals surface area (Å²) in [4.78, 5) is 22.0. The molecule has 6 nitrogen and oxygen atoms in total. The lowest BCUT2D eigenvalue weighted by Crippen LogP contribution is -2.07. The highest BCUT2D eigenvalue weighted by molar-refractivity contribution is 7.20. The molecule has 0 unspecified atom stereocenters. The third-order valence-electron chi connectivity index (χ3n) is 3.80. The predicted molar refractivity (Wildman–Crippen MR) is 98.4 cm³/mol. The topological polar surface area (TPSA) is 84.3 Å². The van der Waals surface area contributed by atoms with Crippen molar-refractivity contribution in [3.8, 4) is 5.75 Å². The SMILES string of the molecule is CCOC(=O)c1sc2ncnc(NCCc3cccc(O)c3)c2c1C. The fourth-order valence-corrected chi connectivity index (χ4v) is 3.68. The van der Waals surface area contributed by atoms with Gasteiger partial charge in [-0.05, 0) is 43.5 Å². The monoisotopic (exact) mass is 357 g/mol. The highest BCUT2D eigenvalue weighted by atomic mass is 32.1. The third-order valence-corrected chi connectivity index (χ3v) is 4.98. The number of nitrogens with one attached hydrogen (secondary N) is 1. The number of carbonyl (C=O) groups is 1. The van der Waals surface area contributed by atoms with Gasteiger partial charge < -0.3 is 15.2 Å². The number of esters is 1. The third kappa shape index (κ3) is 3.71. The molecule has 0 aliphatic rings. The van der Waals surface area contributed by atoms with Crippen molar-refractivity contribution in [2.75, 3.05) is 18.5 Å². The number of anilines is 1. The Kier molecular flexibility index (Phi) is 5.14. The molecule has 0 saturated carbocycles. The van der Waals surface area contributed by atoms with E-state index >= 15 is 0 Å². The number of nitrogens with zero attached hydrogens (tertiary/aromatic N) is 2. The lowest BCUT2D eigenvalue weighted by Gasteiger charge is -2.07. The van der Waals surface area contributed by atoms with Crippen molar-refractivity contribution >= 4 is 33.3 Å². The van der Waals surface area contributed by atoms with Gasteiger partial charge in [0.05, 0.1) is 12.0 Å². The molecule has 0 spiro atoms. The summed E-state index contributed by atoms with van der Waals surface area (Å²) in [6.45, 7) is 4.66. The zero-order valence-electron chi connectivity index (χ0n) is 14.1. The number of phenols is 1. The van der Waals surface area contributed by atoms with E-state index in [4.69, 9.17) is 4.74 Å². The number of rotatable bonds is 6. The molecule has 0 aliphatic heterocycles. The summed E-state index contributed by atoms with van der Waals surface area (Å²) in [5, 5.41) is 13.7. The minimum absolute atomic E-state index is 0.259. The Labute approximate surface area is 149 Å². The number of phenolic OH excluding ortho intramolecular Hbond substituents is 1. The van der Waals surface area contributed by atoms with Gasteiger partial charge in [0.1, 0.15) is 27.6 Å². The van der Waals surface area contributed by atoms with E-state index in [1.807, 2.05) is 19.1 Å². The Hall–Kier alpha value is -2.67. The molecule has 0 radical (unpaired) electrons. The molecule has 1 aromatic carbocycles. The van der Waals surface area contributed by atoms with E-state index in [1.165, 1.54) is 17.7 Å². The van der Waals surface area contributed by atoms with Crippen LogP contribution in [0.2, 0.25) is 0 Å². The van der Waals surface area contributed by atoms with Gasteiger partial charge >= 0.3 is 5.97 Å². The largest absolute Gasteiger partial charge is 0.508 e. The van der Waals surface area contributed by atoms with E-state index in [1.54, 1.807) is 19.1 Å².